The molecule has 138 valence electrons. The molecule has 2 aromatic rings. The Morgan fingerprint density at radius 1 is 1.27 bits per heavy atom. The van der Waals surface area contributed by atoms with E-state index in [4.69, 9.17) is 11.6 Å². The van der Waals surface area contributed by atoms with E-state index in [1.165, 1.54) is 0 Å². The van der Waals surface area contributed by atoms with E-state index in [9.17, 15) is 13.2 Å². The van der Waals surface area contributed by atoms with Gasteiger partial charge in [0.1, 0.15) is 0 Å². The smallest absolute Gasteiger partial charge is 0.253 e. The van der Waals surface area contributed by atoms with Crippen LogP contribution in [0.2, 0.25) is 5.02 Å². The number of nitrogens with zero attached hydrogens (tertiary/aromatic N) is 2. The summed E-state index contributed by atoms with van der Waals surface area (Å²) in [5, 5.41) is -0.155. The van der Waals surface area contributed by atoms with Gasteiger partial charge in [0, 0.05) is 29.9 Å². The molecule has 0 unspecified atom stereocenters. The van der Waals surface area contributed by atoms with E-state index in [1.807, 2.05) is 6.07 Å². The maximum atomic E-state index is 12.6. The van der Waals surface area contributed by atoms with Crippen molar-refractivity contribution in [3.05, 3.63) is 64.9 Å². The SMILES string of the molecule is O=C(c1cccc(Cl)c1)N1CCC[C@H](S(=O)(=O)NCc2ccccn2)C1. The van der Waals surface area contributed by atoms with Crippen LogP contribution < -0.4 is 4.72 Å². The Kier molecular flexibility index (Phi) is 5.90. The van der Waals surface area contributed by atoms with Gasteiger partial charge < -0.3 is 4.90 Å². The molecule has 2 heterocycles. The predicted octanol–water partition coefficient (Wildman–Crippen LogP) is 2.46. The fourth-order valence-corrected chi connectivity index (χ4v) is 4.60. The molecule has 0 radical (unpaired) electrons. The van der Waals surface area contributed by atoms with Crippen LogP contribution in [0.4, 0.5) is 0 Å². The highest BCUT2D eigenvalue weighted by molar-refractivity contribution is 7.90. The Labute approximate surface area is 158 Å². The number of halogens is 1. The Morgan fingerprint density at radius 3 is 2.85 bits per heavy atom. The average Bonchev–Trinajstić information content (AvgIpc) is 2.67. The van der Waals surface area contributed by atoms with Gasteiger partial charge in [-0.25, -0.2) is 13.1 Å². The third-order valence-corrected chi connectivity index (χ3v) is 6.40. The molecule has 0 aliphatic carbocycles. The molecule has 0 spiro atoms. The average molecular weight is 394 g/mol. The number of pyridine rings is 1. The predicted molar refractivity (Wildman–Crippen MR) is 100 cm³/mol. The van der Waals surface area contributed by atoms with E-state index >= 15 is 0 Å². The molecule has 26 heavy (non-hydrogen) atoms. The van der Waals surface area contributed by atoms with Crippen molar-refractivity contribution in [2.45, 2.75) is 24.6 Å². The van der Waals surface area contributed by atoms with Crippen LogP contribution in [-0.4, -0.2) is 42.5 Å². The van der Waals surface area contributed by atoms with E-state index in [0.29, 0.717) is 35.7 Å². The summed E-state index contributed by atoms with van der Waals surface area (Å²) in [6, 6.07) is 12.0. The molecule has 1 saturated heterocycles. The molecule has 1 aromatic carbocycles. The Morgan fingerprint density at radius 2 is 2.12 bits per heavy atom. The Hall–Kier alpha value is -1.96. The first-order valence-corrected chi connectivity index (χ1v) is 10.3. The van der Waals surface area contributed by atoms with Crippen LogP contribution in [0.5, 0.6) is 0 Å². The van der Waals surface area contributed by atoms with Crippen molar-refractivity contribution in [3.8, 4) is 0 Å². The summed E-state index contributed by atoms with van der Waals surface area (Å²) in [5.74, 6) is -0.197. The quantitative estimate of drug-likeness (QED) is 0.846. The number of nitrogens with one attached hydrogen (secondary N) is 1. The molecular weight excluding hydrogens is 374 g/mol. The van der Waals surface area contributed by atoms with Crippen LogP contribution in [0.3, 0.4) is 0 Å². The second-order valence-electron chi connectivity index (χ2n) is 6.21. The summed E-state index contributed by atoms with van der Waals surface area (Å²) in [4.78, 5) is 18.3. The zero-order chi connectivity index (χ0) is 18.6. The van der Waals surface area contributed by atoms with Crippen LogP contribution in [0, 0.1) is 0 Å². The molecule has 1 N–H and O–H groups in total. The molecule has 1 aliphatic rings. The van der Waals surface area contributed by atoms with Crippen molar-refractivity contribution in [2.75, 3.05) is 13.1 Å². The van der Waals surface area contributed by atoms with E-state index < -0.39 is 15.3 Å². The maximum Gasteiger partial charge on any atom is 0.253 e. The number of carbonyl (C=O) groups excluding carboxylic acids is 1. The first-order valence-electron chi connectivity index (χ1n) is 8.39. The van der Waals surface area contributed by atoms with E-state index in [-0.39, 0.29) is 19.0 Å². The molecule has 1 fully saturated rings. The molecule has 1 aromatic heterocycles. The zero-order valence-corrected chi connectivity index (χ0v) is 15.7. The maximum absolute atomic E-state index is 12.6. The van der Waals surface area contributed by atoms with Crippen LogP contribution in [0.15, 0.2) is 48.7 Å². The lowest BCUT2D eigenvalue weighted by Gasteiger charge is -2.32. The first-order chi connectivity index (χ1) is 12.5. The topological polar surface area (TPSA) is 79.4 Å². The van der Waals surface area contributed by atoms with Gasteiger partial charge in [-0.2, -0.15) is 0 Å². The zero-order valence-electron chi connectivity index (χ0n) is 14.1. The second-order valence-corrected chi connectivity index (χ2v) is 8.69. The second kappa shape index (κ2) is 8.16. The molecule has 0 bridgehead atoms. The van der Waals surface area contributed by atoms with Gasteiger partial charge in [-0.1, -0.05) is 23.7 Å². The van der Waals surface area contributed by atoms with Crippen molar-refractivity contribution in [1.82, 2.24) is 14.6 Å². The molecular formula is C18H20ClN3O3S. The van der Waals surface area contributed by atoms with Crippen molar-refractivity contribution in [2.24, 2.45) is 0 Å². The molecule has 1 aliphatic heterocycles. The van der Waals surface area contributed by atoms with Gasteiger partial charge in [0.15, 0.2) is 0 Å². The molecule has 3 rings (SSSR count). The van der Waals surface area contributed by atoms with E-state index in [1.54, 1.807) is 47.5 Å². The van der Waals surface area contributed by atoms with Gasteiger partial charge in [-0.3, -0.25) is 9.78 Å². The van der Waals surface area contributed by atoms with Crippen LogP contribution in [0.25, 0.3) is 0 Å². The summed E-state index contributed by atoms with van der Waals surface area (Å²) in [5.41, 5.74) is 1.12. The van der Waals surface area contributed by atoms with E-state index in [0.717, 1.165) is 0 Å². The number of amides is 1. The third kappa shape index (κ3) is 4.60. The lowest BCUT2D eigenvalue weighted by Crippen LogP contribution is -2.48. The minimum Gasteiger partial charge on any atom is -0.337 e. The van der Waals surface area contributed by atoms with Gasteiger partial charge in [0.2, 0.25) is 10.0 Å². The van der Waals surface area contributed by atoms with Gasteiger partial charge in [0.05, 0.1) is 17.5 Å². The number of hydrogen-bond acceptors (Lipinski definition) is 4. The lowest BCUT2D eigenvalue weighted by molar-refractivity contribution is 0.0726. The highest BCUT2D eigenvalue weighted by Gasteiger charge is 2.32. The van der Waals surface area contributed by atoms with Gasteiger partial charge in [-0.15, -0.1) is 0 Å². The van der Waals surface area contributed by atoms with Crippen molar-refractivity contribution in [1.29, 1.82) is 0 Å². The number of rotatable bonds is 5. The van der Waals surface area contributed by atoms with Crippen molar-refractivity contribution < 1.29 is 13.2 Å². The number of aromatic nitrogens is 1. The molecule has 1 atom stereocenters. The normalized spacial score (nSPS) is 17.9. The van der Waals surface area contributed by atoms with Gasteiger partial charge in [-0.05, 0) is 43.2 Å². The Bertz CT molecular complexity index is 874. The van der Waals surface area contributed by atoms with Crippen LogP contribution in [-0.2, 0) is 16.6 Å². The highest BCUT2D eigenvalue weighted by atomic mass is 35.5. The van der Waals surface area contributed by atoms with Gasteiger partial charge >= 0.3 is 0 Å². The fraction of sp³-hybridized carbons (Fsp3) is 0.333. The number of benzene rings is 1. The minimum absolute atomic E-state index is 0.141. The first kappa shape index (κ1) is 18.8. The molecule has 1 amide bonds. The third-order valence-electron chi connectivity index (χ3n) is 4.36. The van der Waals surface area contributed by atoms with Crippen LogP contribution in [0.1, 0.15) is 28.9 Å². The van der Waals surface area contributed by atoms with Crippen molar-refractivity contribution in [3.63, 3.8) is 0 Å². The van der Waals surface area contributed by atoms with Crippen molar-refractivity contribution >= 4 is 27.5 Å². The fourth-order valence-electron chi connectivity index (χ4n) is 2.98. The summed E-state index contributed by atoms with van der Waals surface area (Å²) in [6.07, 6.45) is 2.79. The van der Waals surface area contributed by atoms with Gasteiger partial charge in [0.25, 0.3) is 5.91 Å². The number of likely N-dealkylation sites (tertiary alicyclic amines) is 1. The minimum atomic E-state index is -3.55. The number of sulfonamides is 1. The molecule has 6 nitrogen and oxygen atoms in total. The number of hydrogen-bond donors (Lipinski definition) is 1. The van der Waals surface area contributed by atoms with Crippen LogP contribution >= 0.6 is 11.6 Å². The highest BCUT2D eigenvalue weighted by Crippen LogP contribution is 2.20. The monoisotopic (exact) mass is 393 g/mol. The largest absolute Gasteiger partial charge is 0.337 e. The summed E-state index contributed by atoms with van der Waals surface area (Å²) in [6.45, 7) is 0.850. The summed E-state index contributed by atoms with van der Waals surface area (Å²) < 4.78 is 27.8. The number of piperidine rings is 1. The number of carbonyl (C=O) groups is 1. The molecule has 8 heteroatoms. The summed E-state index contributed by atoms with van der Waals surface area (Å²) in [7, 11) is -3.55. The van der Waals surface area contributed by atoms with E-state index in [2.05, 4.69) is 9.71 Å². The lowest BCUT2D eigenvalue weighted by atomic mass is 10.1. The summed E-state index contributed by atoms with van der Waals surface area (Å²) >= 11 is 5.95. The standard InChI is InChI=1S/C18H20ClN3O3S/c19-15-6-3-5-14(11-15)18(23)22-10-4-8-17(13-22)26(24,25)21-12-16-7-1-2-9-20-16/h1-3,5-7,9,11,17,21H,4,8,10,12-13H2/t17-/m0/s1. The Balaban J connectivity index is 1.66. The molecule has 0 saturated carbocycles.